The number of ether oxygens (including phenoxy) is 1. The van der Waals surface area contributed by atoms with Crippen LogP contribution in [0.15, 0.2) is 12.1 Å². The molecule has 0 N–H and O–H groups in total. The molecule has 0 amide bonds. The second-order valence-corrected chi connectivity index (χ2v) is 3.47. The topological polar surface area (TPSA) is 50.1 Å². The Hall–Kier alpha value is -1.16. The molecule has 1 aromatic carbocycles. The number of benzene rings is 1. The lowest BCUT2D eigenvalue weighted by molar-refractivity contribution is 0.0599. The van der Waals surface area contributed by atoms with Gasteiger partial charge >= 0.3 is 5.97 Å². The minimum Gasteiger partial charge on any atom is -0.465 e. The highest BCUT2D eigenvalue weighted by molar-refractivity contribution is 14.1. The Balaban J connectivity index is 3.33. The standard InChI is InChI=1S/C9H5FINO2/c1-14-9(13)6-3-2-5(4-12)7(10)8(6)11/h2-3H,1H3. The van der Waals surface area contributed by atoms with Crippen molar-refractivity contribution in [2.75, 3.05) is 7.11 Å². The third-order valence-corrected chi connectivity index (χ3v) is 2.66. The van der Waals surface area contributed by atoms with E-state index in [0.717, 1.165) is 0 Å². The molecule has 0 aliphatic rings. The van der Waals surface area contributed by atoms with E-state index >= 15 is 0 Å². The largest absolute Gasteiger partial charge is 0.465 e. The maximum absolute atomic E-state index is 13.3. The lowest BCUT2D eigenvalue weighted by Gasteiger charge is -2.03. The summed E-state index contributed by atoms with van der Waals surface area (Å²) in [6.45, 7) is 0. The summed E-state index contributed by atoms with van der Waals surface area (Å²) in [5, 5.41) is 8.52. The van der Waals surface area contributed by atoms with Crippen LogP contribution in [0.3, 0.4) is 0 Å². The SMILES string of the molecule is COC(=O)c1ccc(C#N)c(F)c1I. The van der Waals surface area contributed by atoms with Gasteiger partial charge in [0.2, 0.25) is 0 Å². The summed E-state index contributed by atoms with van der Waals surface area (Å²) in [4.78, 5) is 11.1. The summed E-state index contributed by atoms with van der Waals surface area (Å²) in [6.07, 6.45) is 0. The molecule has 0 bridgehead atoms. The molecule has 1 aromatic rings. The molecule has 3 nitrogen and oxygen atoms in total. The second kappa shape index (κ2) is 4.37. The first-order chi connectivity index (χ1) is 6.61. The normalized spacial score (nSPS) is 9.29. The maximum atomic E-state index is 13.3. The lowest BCUT2D eigenvalue weighted by atomic mass is 10.1. The fourth-order valence-electron chi connectivity index (χ4n) is 0.903. The van der Waals surface area contributed by atoms with Crippen molar-refractivity contribution in [1.82, 2.24) is 0 Å². The smallest absolute Gasteiger partial charge is 0.339 e. The van der Waals surface area contributed by atoms with Gasteiger partial charge in [-0.2, -0.15) is 5.26 Å². The number of carbonyl (C=O) groups excluding carboxylic acids is 1. The highest BCUT2D eigenvalue weighted by atomic mass is 127. The van der Waals surface area contributed by atoms with Crippen molar-refractivity contribution in [1.29, 1.82) is 5.26 Å². The summed E-state index contributed by atoms with van der Waals surface area (Å²) in [7, 11) is 1.22. The zero-order valence-electron chi connectivity index (χ0n) is 7.17. The van der Waals surface area contributed by atoms with Gasteiger partial charge in [0.15, 0.2) is 5.82 Å². The monoisotopic (exact) mass is 305 g/mol. The van der Waals surface area contributed by atoms with Crippen LogP contribution in [0.5, 0.6) is 0 Å². The maximum Gasteiger partial charge on any atom is 0.339 e. The van der Waals surface area contributed by atoms with Crippen molar-refractivity contribution >= 4 is 28.6 Å². The Morgan fingerprint density at radius 2 is 2.29 bits per heavy atom. The van der Waals surface area contributed by atoms with E-state index in [2.05, 4.69) is 4.74 Å². The third kappa shape index (κ3) is 1.85. The van der Waals surface area contributed by atoms with Gasteiger partial charge in [0.1, 0.15) is 6.07 Å². The fourth-order valence-corrected chi connectivity index (χ4v) is 1.59. The molecule has 0 fully saturated rings. The van der Waals surface area contributed by atoms with Gasteiger partial charge in [-0.15, -0.1) is 0 Å². The van der Waals surface area contributed by atoms with E-state index < -0.39 is 11.8 Å². The third-order valence-electron chi connectivity index (χ3n) is 1.61. The van der Waals surface area contributed by atoms with E-state index in [0.29, 0.717) is 0 Å². The van der Waals surface area contributed by atoms with Gasteiger partial charge < -0.3 is 4.74 Å². The summed E-state index contributed by atoms with van der Waals surface area (Å²) in [5.41, 5.74) is 0.0478. The molecule has 0 aliphatic carbocycles. The van der Waals surface area contributed by atoms with Crippen molar-refractivity contribution in [2.24, 2.45) is 0 Å². The number of nitriles is 1. The quantitative estimate of drug-likeness (QED) is 0.590. The first-order valence-electron chi connectivity index (χ1n) is 3.58. The van der Waals surface area contributed by atoms with Crippen LogP contribution in [0.25, 0.3) is 0 Å². The molecule has 0 heterocycles. The highest BCUT2D eigenvalue weighted by Crippen LogP contribution is 2.20. The number of hydrogen-bond acceptors (Lipinski definition) is 3. The molecule has 0 radical (unpaired) electrons. The molecule has 0 aliphatic heterocycles. The van der Waals surface area contributed by atoms with Gasteiger partial charge in [-0.25, -0.2) is 9.18 Å². The summed E-state index contributed by atoms with van der Waals surface area (Å²) >= 11 is 1.67. The van der Waals surface area contributed by atoms with Crippen LogP contribution in [0.1, 0.15) is 15.9 Å². The number of nitrogens with zero attached hydrogens (tertiary/aromatic N) is 1. The van der Waals surface area contributed by atoms with E-state index in [4.69, 9.17) is 5.26 Å². The van der Waals surface area contributed by atoms with Crippen LogP contribution in [0.2, 0.25) is 0 Å². The zero-order valence-corrected chi connectivity index (χ0v) is 9.33. The van der Waals surface area contributed by atoms with E-state index in [1.807, 2.05) is 0 Å². The molecule has 72 valence electrons. The summed E-state index contributed by atoms with van der Waals surface area (Å²) in [6, 6.07) is 4.31. The number of carbonyl (C=O) groups is 1. The molecule has 0 spiro atoms. The van der Waals surface area contributed by atoms with Crippen molar-refractivity contribution in [3.63, 3.8) is 0 Å². The Kier molecular flexibility index (Phi) is 3.41. The molecule has 0 unspecified atom stereocenters. The number of methoxy groups -OCH3 is 1. The number of hydrogen-bond donors (Lipinski definition) is 0. The van der Waals surface area contributed by atoms with Crippen LogP contribution in [0.4, 0.5) is 4.39 Å². The van der Waals surface area contributed by atoms with Gasteiger partial charge in [-0.1, -0.05) is 0 Å². The van der Waals surface area contributed by atoms with E-state index in [-0.39, 0.29) is 14.7 Å². The molecular formula is C9H5FINO2. The van der Waals surface area contributed by atoms with Gasteiger partial charge in [0.05, 0.1) is 21.8 Å². The molecule has 1 rings (SSSR count). The van der Waals surface area contributed by atoms with Crippen molar-refractivity contribution in [2.45, 2.75) is 0 Å². The van der Waals surface area contributed by atoms with Gasteiger partial charge in [-0.3, -0.25) is 0 Å². The van der Waals surface area contributed by atoms with E-state index in [9.17, 15) is 9.18 Å². The Labute approximate surface area is 93.6 Å². The number of halogens is 2. The molecule has 0 saturated heterocycles. The molecular weight excluding hydrogens is 300 g/mol. The van der Waals surface area contributed by atoms with Gasteiger partial charge in [0, 0.05) is 0 Å². The predicted octanol–water partition coefficient (Wildman–Crippen LogP) is 2.09. The van der Waals surface area contributed by atoms with Gasteiger partial charge in [-0.05, 0) is 34.7 Å². The van der Waals surface area contributed by atoms with Crippen molar-refractivity contribution < 1.29 is 13.9 Å². The van der Waals surface area contributed by atoms with Crippen LogP contribution >= 0.6 is 22.6 Å². The lowest BCUT2D eigenvalue weighted by Crippen LogP contribution is -2.06. The Morgan fingerprint density at radius 1 is 1.64 bits per heavy atom. The van der Waals surface area contributed by atoms with E-state index in [1.54, 1.807) is 28.7 Å². The van der Waals surface area contributed by atoms with E-state index in [1.165, 1.54) is 19.2 Å². The first kappa shape index (κ1) is 10.9. The minimum absolute atomic E-state index is 0.0814. The molecule has 5 heteroatoms. The number of esters is 1. The molecule has 0 aromatic heterocycles. The number of rotatable bonds is 1. The first-order valence-corrected chi connectivity index (χ1v) is 4.66. The molecule has 0 saturated carbocycles. The van der Waals surface area contributed by atoms with Gasteiger partial charge in [0.25, 0.3) is 0 Å². The van der Waals surface area contributed by atoms with Crippen LogP contribution in [-0.2, 0) is 4.74 Å². The van der Waals surface area contributed by atoms with Crippen LogP contribution < -0.4 is 0 Å². The predicted molar refractivity (Wildman–Crippen MR) is 55.2 cm³/mol. The Bertz CT molecular complexity index is 426. The molecule has 14 heavy (non-hydrogen) atoms. The van der Waals surface area contributed by atoms with Crippen LogP contribution in [0, 0.1) is 20.7 Å². The fraction of sp³-hybridized carbons (Fsp3) is 0.111. The minimum atomic E-state index is -0.684. The van der Waals surface area contributed by atoms with Crippen LogP contribution in [-0.4, -0.2) is 13.1 Å². The summed E-state index contributed by atoms with van der Waals surface area (Å²) < 4.78 is 17.9. The average molecular weight is 305 g/mol. The second-order valence-electron chi connectivity index (χ2n) is 2.39. The molecule has 0 atom stereocenters. The zero-order chi connectivity index (χ0) is 10.7. The Morgan fingerprint density at radius 3 is 2.79 bits per heavy atom. The average Bonchev–Trinajstić information content (AvgIpc) is 2.21. The summed E-state index contributed by atoms with van der Waals surface area (Å²) in [5.74, 6) is -1.30. The van der Waals surface area contributed by atoms with Crippen molar-refractivity contribution in [3.05, 3.63) is 32.6 Å². The highest BCUT2D eigenvalue weighted by Gasteiger charge is 2.16. The van der Waals surface area contributed by atoms with Crippen molar-refractivity contribution in [3.8, 4) is 6.07 Å².